The van der Waals surface area contributed by atoms with Crippen LogP contribution in [0.25, 0.3) is 0 Å². The predicted molar refractivity (Wildman–Crippen MR) is 72.6 cm³/mol. The average Bonchev–Trinajstić information content (AvgIpc) is 2.74. The second-order valence-corrected chi connectivity index (χ2v) is 6.59. The Kier molecular flexibility index (Phi) is 4.48. The maximum absolute atomic E-state index is 12.3. The lowest BCUT2D eigenvalue weighted by Crippen LogP contribution is -2.42. The van der Waals surface area contributed by atoms with Crippen LogP contribution in [0, 0.1) is 23.7 Å². The first-order chi connectivity index (χ1) is 8.97. The van der Waals surface area contributed by atoms with Crippen molar-refractivity contribution in [2.24, 2.45) is 23.7 Å². The van der Waals surface area contributed by atoms with Crippen molar-refractivity contribution < 1.29 is 14.7 Å². The van der Waals surface area contributed by atoms with E-state index in [0.29, 0.717) is 18.8 Å². The third-order valence-corrected chi connectivity index (χ3v) is 4.81. The maximum atomic E-state index is 12.3. The molecule has 2 saturated carbocycles. The van der Waals surface area contributed by atoms with Gasteiger partial charge >= 0.3 is 5.97 Å². The number of carbonyl (C=O) groups excluding carboxylic acids is 1. The molecule has 4 heteroatoms. The standard InChI is InChI=1S/C15H25NO3/c1-9-3-5-11(6-4-9)16-14(17)12-7-10(2)8-13(12)15(18)19/h9-13H,3-8H2,1-2H3,(H,16,17)(H,18,19)/t9?,10?,11?,12-,13+/m0/s1. The van der Waals surface area contributed by atoms with Crippen LogP contribution in [0.3, 0.4) is 0 Å². The fourth-order valence-electron chi connectivity index (χ4n) is 3.57. The monoisotopic (exact) mass is 267 g/mol. The molecule has 1 unspecified atom stereocenters. The lowest BCUT2D eigenvalue weighted by atomic mass is 9.86. The van der Waals surface area contributed by atoms with Gasteiger partial charge < -0.3 is 10.4 Å². The third-order valence-electron chi connectivity index (χ3n) is 4.81. The summed E-state index contributed by atoms with van der Waals surface area (Å²) in [6.45, 7) is 4.28. The molecule has 0 heterocycles. The summed E-state index contributed by atoms with van der Waals surface area (Å²) in [5.41, 5.74) is 0. The first-order valence-electron chi connectivity index (χ1n) is 7.50. The molecule has 0 radical (unpaired) electrons. The molecule has 0 aliphatic heterocycles. The van der Waals surface area contributed by atoms with E-state index in [1.54, 1.807) is 0 Å². The molecule has 0 bridgehead atoms. The van der Waals surface area contributed by atoms with Crippen molar-refractivity contribution in [1.29, 1.82) is 0 Å². The number of hydrogen-bond donors (Lipinski definition) is 2. The van der Waals surface area contributed by atoms with Gasteiger partial charge in [-0.25, -0.2) is 0 Å². The predicted octanol–water partition coefficient (Wildman–Crippen LogP) is 2.43. The maximum Gasteiger partial charge on any atom is 0.307 e. The van der Waals surface area contributed by atoms with Gasteiger partial charge in [-0.05, 0) is 50.4 Å². The molecule has 2 aliphatic rings. The lowest BCUT2D eigenvalue weighted by Gasteiger charge is -2.28. The van der Waals surface area contributed by atoms with E-state index in [1.165, 1.54) is 0 Å². The van der Waals surface area contributed by atoms with Crippen molar-refractivity contribution in [2.75, 3.05) is 0 Å². The van der Waals surface area contributed by atoms with Gasteiger partial charge in [-0.1, -0.05) is 13.8 Å². The molecule has 2 fully saturated rings. The average molecular weight is 267 g/mol. The second kappa shape index (κ2) is 5.93. The first kappa shape index (κ1) is 14.4. The number of aliphatic carboxylic acids is 1. The number of amides is 1. The molecule has 4 nitrogen and oxygen atoms in total. The first-order valence-corrected chi connectivity index (χ1v) is 7.50. The second-order valence-electron chi connectivity index (χ2n) is 6.59. The van der Waals surface area contributed by atoms with E-state index in [1.807, 2.05) is 6.92 Å². The molecule has 0 aromatic heterocycles. The highest BCUT2D eigenvalue weighted by Crippen LogP contribution is 2.37. The van der Waals surface area contributed by atoms with Gasteiger partial charge in [-0.15, -0.1) is 0 Å². The summed E-state index contributed by atoms with van der Waals surface area (Å²) >= 11 is 0. The van der Waals surface area contributed by atoms with Crippen LogP contribution in [-0.4, -0.2) is 23.0 Å². The fourth-order valence-corrected chi connectivity index (χ4v) is 3.57. The van der Waals surface area contributed by atoms with Gasteiger partial charge in [-0.2, -0.15) is 0 Å². The number of hydrogen-bond acceptors (Lipinski definition) is 2. The molecule has 19 heavy (non-hydrogen) atoms. The van der Waals surface area contributed by atoms with E-state index in [9.17, 15) is 14.7 Å². The zero-order chi connectivity index (χ0) is 14.0. The van der Waals surface area contributed by atoms with Crippen LogP contribution >= 0.6 is 0 Å². The summed E-state index contributed by atoms with van der Waals surface area (Å²) in [4.78, 5) is 23.5. The number of carbonyl (C=O) groups is 2. The minimum atomic E-state index is -0.818. The molecule has 3 atom stereocenters. The van der Waals surface area contributed by atoms with E-state index in [0.717, 1.165) is 31.6 Å². The molecule has 2 aliphatic carbocycles. The minimum Gasteiger partial charge on any atom is -0.481 e. The third kappa shape index (κ3) is 3.48. The van der Waals surface area contributed by atoms with Gasteiger partial charge in [0.1, 0.15) is 0 Å². The Morgan fingerprint density at radius 2 is 1.53 bits per heavy atom. The molecule has 1 amide bonds. The molecule has 2 N–H and O–H groups in total. The fraction of sp³-hybridized carbons (Fsp3) is 0.867. The summed E-state index contributed by atoms with van der Waals surface area (Å²) in [6.07, 6.45) is 5.74. The van der Waals surface area contributed by atoms with Crippen molar-refractivity contribution in [3.05, 3.63) is 0 Å². The summed E-state index contributed by atoms with van der Waals surface area (Å²) in [6, 6.07) is 0.258. The largest absolute Gasteiger partial charge is 0.481 e. The zero-order valence-electron chi connectivity index (χ0n) is 11.9. The summed E-state index contributed by atoms with van der Waals surface area (Å²) in [5, 5.41) is 12.3. The quantitative estimate of drug-likeness (QED) is 0.825. The Bertz CT molecular complexity index is 347. The Labute approximate surface area is 115 Å². The van der Waals surface area contributed by atoms with Crippen LogP contribution in [0.1, 0.15) is 52.4 Å². The van der Waals surface area contributed by atoms with Crippen molar-refractivity contribution in [3.63, 3.8) is 0 Å². The van der Waals surface area contributed by atoms with Gasteiger partial charge in [0.25, 0.3) is 0 Å². The lowest BCUT2D eigenvalue weighted by molar-refractivity contribution is -0.146. The van der Waals surface area contributed by atoms with Crippen molar-refractivity contribution >= 4 is 11.9 Å². The normalized spacial score (nSPS) is 38.9. The smallest absolute Gasteiger partial charge is 0.307 e. The topological polar surface area (TPSA) is 66.4 Å². The number of carboxylic acids is 1. The molecule has 0 saturated heterocycles. The number of carboxylic acid groups (broad SMARTS) is 1. The van der Waals surface area contributed by atoms with Crippen LogP contribution in [0.15, 0.2) is 0 Å². The molecule has 108 valence electrons. The van der Waals surface area contributed by atoms with Crippen molar-refractivity contribution in [3.8, 4) is 0 Å². The Hall–Kier alpha value is -1.06. The SMILES string of the molecule is CC1CCC(NC(=O)[C@H]2CC(C)C[C@H]2C(=O)O)CC1. The van der Waals surface area contributed by atoms with Gasteiger partial charge in [0.2, 0.25) is 5.91 Å². The zero-order valence-corrected chi connectivity index (χ0v) is 11.9. The van der Waals surface area contributed by atoms with Crippen molar-refractivity contribution in [1.82, 2.24) is 5.32 Å². The van der Waals surface area contributed by atoms with Gasteiger partial charge in [-0.3, -0.25) is 9.59 Å². The van der Waals surface area contributed by atoms with Crippen molar-refractivity contribution in [2.45, 2.75) is 58.4 Å². The number of nitrogens with one attached hydrogen (secondary N) is 1. The van der Waals surface area contributed by atoms with Crippen LogP contribution in [-0.2, 0) is 9.59 Å². The summed E-state index contributed by atoms with van der Waals surface area (Å²) < 4.78 is 0. The summed E-state index contributed by atoms with van der Waals surface area (Å²) in [7, 11) is 0. The van der Waals surface area contributed by atoms with E-state index in [-0.39, 0.29) is 17.9 Å². The van der Waals surface area contributed by atoms with Crippen LogP contribution in [0.2, 0.25) is 0 Å². The van der Waals surface area contributed by atoms with E-state index in [4.69, 9.17) is 0 Å². The van der Waals surface area contributed by atoms with E-state index >= 15 is 0 Å². The van der Waals surface area contributed by atoms with Gasteiger partial charge in [0, 0.05) is 6.04 Å². The molecule has 2 rings (SSSR count). The highest BCUT2D eigenvalue weighted by Gasteiger charge is 2.41. The molecular formula is C15H25NO3. The van der Waals surface area contributed by atoms with Crippen LogP contribution in [0.4, 0.5) is 0 Å². The summed E-state index contributed by atoms with van der Waals surface area (Å²) in [5.74, 6) is -0.572. The molecule has 0 aromatic rings. The molecule has 0 aromatic carbocycles. The molecular weight excluding hydrogens is 242 g/mol. The highest BCUT2D eigenvalue weighted by molar-refractivity contribution is 5.85. The van der Waals surface area contributed by atoms with E-state index < -0.39 is 11.9 Å². The van der Waals surface area contributed by atoms with Gasteiger partial charge in [0.05, 0.1) is 11.8 Å². The Morgan fingerprint density at radius 3 is 2.11 bits per heavy atom. The minimum absolute atomic E-state index is 0.0312. The van der Waals surface area contributed by atoms with E-state index in [2.05, 4.69) is 12.2 Å². The Morgan fingerprint density at radius 1 is 0.947 bits per heavy atom. The molecule has 0 spiro atoms. The van der Waals surface area contributed by atoms with Gasteiger partial charge in [0.15, 0.2) is 0 Å². The van der Waals surface area contributed by atoms with Crippen LogP contribution in [0.5, 0.6) is 0 Å². The number of rotatable bonds is 3. The van der Waals surface area contributed by atoms with Crippen LogP contribution < -0.4 is 5.32 Å². The highest BCUT2D eigenvalue weighted by atomic mass is 16.4. The Balaban J connectivity index is 1.90.